The van der Waals surface area contributed by atoms with Crippen molar-refractivity contribution in [1.29, 1.82) is 0 Å². The lowest BCUT2D eigenvalue weighted by molar-refractivity contribution is 0.355. The van der Waals surface area contributed by atoms with E-state index < -0.39 is 15.3 Å². The average Bonchev–Trinajstić information content (AvgIpc) is 2.30. The van der Waals surface area contributed by atoms with E-state index in [0.717, 1.165) is 0 Å². The third-order valence-electron chi connectivity index (χ3n) is 2.43. The van der Waals surface area contributed by atoms with Crippen LogP contribution in [0.15, 0.2) is 12.1 Å². The molecule has 18 heavy (non-hydrogen) atoms. The minimum absolute atomic E-state index is 0.275. The van der Waals surface area contributed by atoms with E-state index >= 15 is 0 Å². The van der Waals surface area contributed by atoms with Crippen LogP contribution < -0.4 is 19.9 Å². The number of rotatable bonds is 5. The first-order valence-electron chi connectivity index (χ1n) is 5.35. The van der Waals surface area contributed by atoms with Crippen molar-refractivity contribution in [2.24, 2.45) is 0 Å². The van der Waals surface area contributed by atoms with Crippen molar-refractivity contribution in [3.8, 4) is 11.5 Å². The molecular weight excluding hydrogens is 256 g/mol. The van der Waals surface area contributed by atoms with Crippen LogP contribution in [0.25, 0.3) is 0 Å². The molecule has 1 aromatic carbocycles. The summed E-state index contributed by atoms with van der Waals surface area (Å²) < 4.78 is 36.1. The molecule has 0 bridgehead atoms. The van der Waals surface area contributed by atoms with Crippen LogP contribution >= 0.6 is 0 Å². The van der Waals surface area contributed by atoms with Gasteiger partial charge in [-0.2, -0.15) is 0 Å². The largest absolute Gasteiger partial charge is 0.493 e. The van der Waals surface area contributed by atoms with Crippen molar-refractivity contribution in [1.82, 2.24) is 0 Å². The SMILES string of the molecule is COc1cc(N)c(NS(=O)(=O)C(C)C)cc1OC. The fourth-order valence-electron chi connectivity index (χ4n) is 1.25. The number of anilines is 2. The molecule has 0 saturated heterocycles. The smallest absolute Gasteiger partial charge is 0.235 e. The van der Waals surface area contributed by atoms with Crippen LogP contribution in [-0.4, -0.2) is 27.9 Å². The van der Waals surface area contributed by atoms with Gasteiger partial charge >= 0.3 is 0 Å². The highest BCUT2D eigenvalue weighted by molar-refractivity contribution is 7.93. The lowest BCUT2D eigenvalue weighted by atomic mass is 10.2. The van der Waals surface area contributed by atoms with Crippen molar-refractivity contribution in [2.75, 3.05) is 24.7 Å². The van der Waals surface area contributed by atoms with Crippen molar-refractivity contribution in [3.05, 3.63) is 12.1 Å². The van der Waals surface area contributed by atoms with E-state index in [4.69, 9.17) is 15.2 Å². The summed E-state index contributed by atoms with van der Waals surface area (Å²) in [5.74, 6) is 0.857. The van der Waals surface area contributed by atoms with Gasteiger partial charge in [0.1, 0.15) is 0 Å². The molecule has 0 atom stereocenters. The summed E-state index contributed by atoms with van der Waals surface area (Å²) >= 11 is 0. The molecule has 0 saturated carbocycles. The Labute approximate surface area is 107 Å². The number of nitrogens with two attached hydrogens (primary N) is 1. The molecule has 3 N–H and O–H groups in total. The maximum Gasteiger partial charge on any atom is 0.235 e. The molecule has 1 aromatic rings. The van der Waals surface area contributed by atoms with Crippen LogP contribution in [0.5, 0.6) is 11.5 Å². The molecule has 7 heteroatoms. The fourth-order valence-corrected chi connectivity index (χ4v) is 1.97. The number of nitrogens with one attached hydrogen (secondary N) is 1. The minimum Gasteiger partial charge on any atom is -0.493 e. The zero-order valence-corrected chi connectivity index (χ0v) is 11.7. The Kier molecular flexibility index (Phi) is 4.28. The van der Waals surface area contributed by atoms with E-state index in [-0.39, 0.29) is 11.4 Å². The number of hydrogen-bond acceptors (Lipinski definition) is 5. The summed E-state index contributed by atoms with van der Waals surface area (Å²) in [5, 5.41) is -0.551. The highest BCUT2D eigenvalue weighted by atomic mass is 32.2. The maximum atomic E-state index is 11.8. The van der Waals surface area contributed by atoms with Gasteiger partial charge in [0.25, 0.3) is 0 Å². The molecular formula is C11H18N2O4S. The summed E-state index contributed by atoms with van der Waals surface area (Å²) in [4.78, 5) is 0. The number of benzene rings is 1. The average molecular weight is 274 g/mol. The third kappa shape index (κ3) is 2.98. The van der Waals surface area contributed by atoms with Gasteiger partial charge in [0.2, 0.25) is 10.0 Å². The molecule has 0 unspecified atom stereocenters. The van der Waals surface area contributed by atoms with E-state index in [1.165, 1.54) is 26.4 Å². The first kappa shape index (κ1) is 14.4. The van der Waals surface area contributed by atoms with Gasteiger partial charge in [0.05, 0.1) is 30.8 Å². The Morgan fingerprint density at radius 3 is 2.11 bits per heavy atom. The summed E-state index contributed by atoms with van der Waals surface area (Å²) in [6, 6.07) is 3.01. The minimum atomic E-state index is -3.44. The Morgan fingerprint density at radius 2 is 1.67 bits per heavy atom. The molecule has 0 heterocycles. The standard InChI is InChI=1S/C11H18N2O4S/c1-7(2)18(14,15)13-9-6-11(17-4)10(16-3)5-8(9)12/h5-7,13H,12H2,1-4H3. The molecule has 0 aliphatic rings. The lowest BCUT2D eigenvalue weighted by Crippen LogP contribution is -2.23. The quantitative estimate of drug-likeness (QED) is 0.793. The number of sulfonamides is 1. The van der Waals surface area contributed by atoms with Crippen LogP contribution in [0.3, 0.4) is 0 Å². The van der Waals surface area contributed by atoms with Crippen molar-refractivity contribution < 1.29 is 17.9 Å². The molecule has 0 fully saturated rings. The van der Waals surface area contributed by atoms with Gasteiger partial charge in [0, 0.05) is 12.1 Å². The van der Waals surface area contributed by atoms with Crippen LogP contribution in [0.2, 0.25) is 0 Å². The predicted octanol–water partition coefficient (Wildman–Crippen LogP) is 1.44. The molecule has 0 amide bonds. The van der Waals surface area contributed by atoms with Gasteiger partial charge in [0.15, 0.2) is 11.5 Å². The first-order valence-corrected chi connectivity index (χ1v) is 6.89. The Hall–Kier alpha value is -1.63. The molecule has 0 aromatic heterocycles. The van der Waals surface area contributed by atoms with Crippen LogP contribution in [0, 0.1) is 0 Å². The Morgan fingerprint density at radius 1 is 1.17 bits per heavy atom. The summed E-state index contributed by atoms with van der Waals surface area (Å²) in [5.41, 5.74) is 6.32. The molecule has 0 aliphatic carbocycles. The number of ether oxygens (including phenoxy) is 2. The summed E-state index contributed by atoms with van der Waals surface area (Å²) in [6.07, 6.45) is 0. The van der Waals surface area contributed by atoms with Gasteiger partial charge in [-0.15, -0.1) is 0 Å². The van der Waals surface area contributed by atoms with Gasteiger partial charge in [-0.25, -0.2) is 8.42 Å². The second-order valence-corrected chi connectivity index (χ2v) is 6.23. The zero-order chi connectivity index (χ0) is 13.9. The van der Waals surface area contributed by atoms with Crippen molar-refractivity contribution in [2.45, 2.75) is 19.1 Å². The highest BCUT2D eigenvalue weighted by Crippen LogP contribution is 2.35. The number of nitrogen functional groups attached to an aromatic ring is 1. The van der Waals surface area contributed by atoms with Crippen LogP contribution in [0.4, 0.5) is 11.4 Å². The summed E-state index contributed by atoms with van der Waals surface area (Å²) in [7, 11) is -0.496. The second-order valence-electron chi connectivity index (χ2n) is 3.99. The first-order chi connectivity index (χ1) is 8.31. The van der Waals surface area contributed by atoms with Crippen LogP contribution in [0.1, 0.15) is 13.8 Å². The molecule has 6 nitrogen and oxygen atoms in total. The normalized spacial score (nSPS) is 11.4. The highest BCUT2D eigenvalue weighted by Gasteiger charge is 2.18. The van der Waals surface area contributed by atoms with Gasteiger partial charge in [-0.3, -0.25) is 4.72 Å². The molecule has 0 radical (unpaired) electrons. The van der Waals surface area contributed by atoms with E-state index in [9.17, 15) is 8.42 Å². The topological polar surface area (TPSA) is 90.6 Å². The summed E-state index contributed by atoms with van der Waals surface area (Å²) in [6.45, 7) is 3.17. The number of hydrogen-bond donors (Lipinski definition) is 2. The van der Waals surface area contributed by atoms with Gasteiger partial charge in [-0.05, 0) is 13.8 Å². The van der Waals surface area contributed by atoms with Crippen LogP contribution in [-0.2, 0) is 10.0 Å². The third-order valence-corrected chi connectivity index (χ3v) is 4.17. The van der Waals surface area contributed by atoms with E-state index in [0.29, 0.717) is 11.5 Å². The second kappa shape index (κ2) is 5.34. The van der Waals surface area contributed by atoms with E-state index in [2.05, 4.69) is 4.72 Å². The number of methoxy groups -OCH3 is 2. The molecule has 0 spiro atoms. The molecule has 102 valence electrons. The van der Waals surface area contributed by atoms with Gasteiger partial charge in [-0.1, -0.05) is 0 Å². The lowest BCUT2D eigenvalue weighted by Gasteiger charge is -2.15. The molecule has 1 rings (SSSR count). The van der Waals surface area contributed by atoms with E-state index in [1.54, 1.807) is 13.8 Å². The Bertz CT molecular complexity index is 526. The van der Waals surface area contributed by atoms with Crippen molar-refractivity contribution in [3.63, 3.8) is 0 Å². The van der Waals surface area contributed by atoms with E-state index in [1.807, 2.05) is 0 Å². The maximum absolute atomic E-state index is 11.8. The van der Waals surface area contributed by atoms with Crippen molar-refractivity contribution >= 4 is 21.4 Å². The Balaban J connectivity index is 3.19. The van der Waals surface area contributed by atoms with Gasteiger partial charge < -0.3 is 15.2 Å². The zero-order valence-electron chi connectivity index (χ0n) is 10.9. The predicted molar refractivity (Wildman–Crippen MR) is 71.6 cm³/mol. The monoisotopic (exact) mass is 274 g/mol. The fraction of sp³-hybridized carbons (Fsp3) is 0.455. The molecule has 0 aliphatic heterocycles.